The summed E-state index contributed by atoms with van der Waals surface area (Å²) < 4.78 is 4.86. The summed E-state index contributed by atoms with van der Waals surface area (Å²) in [5, 5.41) is 18.4. The van der Waals surface area contributed by atoms with E-state index >= 15 is 0 Å². The number of hydrogen-bond acceptors (Lipinski definition) is 7. The number of nitrogens with two attached hydrogens (primary N) is 1. The fourth-order valence-electron chi connectivity index (χ4n) is 2.78. The number of nitrogen functional groups attached to an aromatic ring is 1. The molecule has 0 aliphatic carbocycles. The van der Waals surface area contributed by atoms with Crippen molar-refractivity contribution in [3.63, 3.8) is 0 Å². The van der Waals surface area contributed by atoms with Crippen LogP contribution in [0, 0.1) is 0 Å². The van der Waals surface area contributed by atoms with Crippen molar-refractivity contribution >= 4 is 41.0 Å². The van der Waals surface area contributed by atoms with E-state index in [1.54, 1.807) is 73.1 Å². The van der Waals surface area contributed by atoms with Gasteiger partial charge < -0.3 is 26.0 Å². The van der Waals surface area contributed by atoms with Crippen molar-refractivity contribution in [2.75, 3.05) is 23.1 Å². The molecule has 0 saturated carbocycles. The Morgan fingerprint density at radius 2 is 1.61 bits per heavy atom. The highest BCUT2D eigenvalue weighted by molar-refractivity contribution is 6.05. The smallest absolute Gasteiger partial charge is 0.414 e. The average molecular weight is 492 g/mol. The fourth-order valence-corrected chi connectivity index (χ4v) is 2.78. The van der Waals surface area contributed by atoms with E-state index in [9.17, 15) is 19.2 Å². The van der Waals surface area contributed by atoms with Crippen molar-refractivity contribution in [3.05, 3.63) is 96.3 Å². The van der Waals surface area contributed by atoms with Crippen LogP contribution in [0.5, 0.6) is 0 Å². The molecule has 11 heteroatoms. The van der Waals surface area contributed by atoms with E-state index in [0.29, 0.717) is 34.8 Å². The minimum Gasteiger partial charge on any atom is -0.478 e. The maximum atomic E-state index is 12.4. The highest BCUT2D eigenvalue weighted by Crippen LogP contribution is 2.20. The van der Waals surface area contributed by atoms with E-state index < -0.39 is 18.0 Å². The summed E-state index contributed by atoms with van der Waals surface area (Å²) in [7, 11) is 1.33. The third-order valence-corrected chi connectivity index (χ3v) is 4.49. The largest absolute Gasteiger partial charge is 0.478 e. The number of rotatable bonds is 7. The van der Waals surface area contributed by atoms with Crippen LogP contribution >= 0.6 is 0 Å². The first-order chi connectivity index (χ1) is 17.2. The zero-order chi connectivity index (χ0) is 26.5. The van der Waals surface area contributed by atoms with Crippen molar-refractivity contribution in [2.45, 2.75) is 6.54 Å². The lowest BCUT2D eigenvalue weighted by Gasteiger charge is -2.21. The first-order valence-corrected chi connectivity index (χ1v) is 10.4. The van der Waals surface area contributed by atoms with Gasteiger partial charge in [-0.3, -0.25) is 14.7 Å². The van der Waals surface area contributed by atoms with E-state index in [-0.39, 0.29) is 12.5 Å². The van der Waals surface area contributed by atoms with Gasteiger partial charge in [0.1, 0.15) is 0 Å². The Morgan fingerprint density at radius 1 is 0.972 bits per heavy atom. The summed E-state index contributed by atoms with van der Waals surface area (Å²) in [5.41, 5.74) is 8.85. The van der Waals surface area contributed by atoms with E-state index in [0.717, 1.165) is 5.56 Å². The fraction of sp³-hybridized carbons (Fsp3) is 0.0800. The van der Waals surface area contributed by atoms with Crippen LogP contribution in [-0.2, 0) is 20.9 Å². The number of amides is 2. The van der Waals surface area contributed by atoms with Gasteiger partial charge in [-0.25, -0.2) is 14.4 Å². The topological polar surface area (TPSA) is 172 Å². The lowest BCUT2D eigenvalue weighted by atomic mass is 10.1. The van der Waals surface area contributed by atoms with Crippen molar-refractivity contribution in [2.24, 2.45) is 0 Å². The van der Waals surface area contributed by atoms with Gasteiger partial charge in [0.25, 0.3) is 5.91 Å². The normalized spacial score (nSPS) is 10.0. The highest BCUT2D eigenvalue weighted by Gasteiger charge is 2.17. The van der Waals surface area contributed by atoms with E-state index in [1.165, 1.54) is 12.0 Å². The molecule has 0 unspecified atom stereocenters. The summed E-state index contributed by atoms with van der Waals surface area (Å²) in [6.45, 7) is 0.284. The van der Waals surface area contributed by atoms with Gasteiger partial charge in [0.15, 0.2) is 0 Å². The van der Waals surface area contributed by atoms with Crippen LogP contribution in [0.2, 0.25) is 0 Å². The Labute approximate surface area is 206 Å². The molecule has 5 N–H and O–H groups in total. The van der Waals surface area contributed by atoms with Crippen molar-refractivity contribution in [3.8, 4) is 0 Å². The number of nitrogens with zero attached hydrogens (tertiary/aromatic N) is 2. The van der Waals surface area contributed by atoms with E-state index in [2.05, 4.69) is 10.3 Å². The molecule has 0 fully saturated rings. The van der Waals surface area contributed by atoms with Gasteiger partial charge >= 0.3 is 18.0 Å². The third kappa shape index (κ3) is 8.63. The van der Waals surface area contributed by atoms with Gasteiger partial charge in [-0.15, -0.1) is 0 Å². The van der Waals surface area contributed by atoms with Gasteiger partial charge in [0.2, 0.25) is 0 Å². The van der Waals surface area contributed by atoms with Gasteiger partial charge in [-0.1, -0.05) is 24.3 Å². The van der Waals surface area contributed by atoms with Gasteiger partial charge in [-0.2, -0.15) is 0 Å². The molecule has 0 aliphatic rings. The number of carbonyl (C=O) groups excluding carboxylic acids is 2. The molecular weight excluding hydrogens is 468 g/mol. The maximum Gasteiger partial charge on any atom is 0.414 e. The molecule has 11 nitrogen and oxygen atoms in total. The quantitative estimate of drug-likeness (QED) is 0.285. The van der Waals surface area contributed by atoms with Crippen molar-refractivity contribution in [1.82, 2.24) is 4.98 Å². The predicted octanol–water partition coefficient (Wildman–Crippen LogP) is 3.40. The van der Waals surface area contributed by atoms with Crippen LogP contribution in [0.4, 0.5) is 21.9 Å². The Kier molecular flexibility index (Phi) is 10.1. The van der Waals surface area contributed by atoms with E-state index in [1.807, 2.05) is 0 Å². The Balaban J connectivity index is 0.000000493. The molecular formula is C25H24N4O7. The summed E-state index contributed by atoms with van der Waals surface area (Å²) in [6, 6.07) is 17.5. The summed E-state index contributed by atoms with van der Waals surface area (Å²) in [4.78, 5) is 49.2. The molecule has 1 aromatic heterocycles. The second-order valence-electron chi connectivity index (χ2n) is 7.02. The lowest BCUT2D eigenvalue weighted by Crippen LogP contribution is -2.30. The summed E-state index contributed by atoms with van der Waals surface area (Å²) in [6.07, 6.45) is 3.84. The highest BCUT2D eigenvalue weighted by atomic mass is 16.5. The van der Waals surface area contributed by atoms with Crippen LogP contribution in [0.15, 0.2) is 85.2 Å². The summed E-state index contributed by atoms with van der Waals surface area (Å²) >= 11 is 0. The molecule has 2 aromatic carbocycles. The molecule has 2 amide bonds. The van der Waals surface area contributed by atoms with E-state index in [4.69, 9.17) is 20.7 Å². The number of aromatic nitrogens is 1. The van der Waals surface area contributed by atoms with Gasteiger partial charge in [0.05, 0.1) is 36.9 Å². The van der Waals surface area contributed by atoms with Crippen LogP contribution in [0.25, 0.3) is 0 Å². The molecule has 36 heavy (non-hydrogen) atoms. The third-order valence-electron chi connectivity index (χ3n) is 4.49. The maximum absolute atomic E-state index is 12.4. The number of benzene rings is 2. The minimum absolute atomic E-state index is 0.262. The second kappa shape index (κ2) is 13.5. The number of carboxylic acids is 2. The lowest BCUT2D eigenvalue weighted by molar-refractivity contribution is -0.134. The van der Waals surface area contributed by atoms with Crippen LogP contribution < -0.4 is 16.0 Å². The van der Waals surface area contributed by atoms with Crippen molar-refractivity contribution in [1.29, 1.82) is 0 Å². The second-order valence-corrected chi connectivity index (χ2v) is 7.02. The predicted molar refractivity (Wildman–Crippen MR) is 132 cm³/mol. The number of hydrogen-bond donors (Lipinski definition) is 4. The van der Waals surface area contributed by atoms with Crippen molar-refractivity contribution < 1.29 is 34.1 Å². The van der Waals surface area contributed by atoms with Crippen LogP contribution in [0.1, 0.15) is 15.9 Å². The number of pyridine rings is 1. The molecule has 0 atom stereocenters. The van der Waals surface area contributed by atoms with Gasteiger partial charge in [0, 0.05) is 23.9 Å². The first kappa shape index (κ1) is 27.1. The molecule has 0 aliphatic heterocycles. The Hall–Kier alpha value is -5.19. The number of nitrogens with one attached hydrogen (secondary N) is 1. The molecule has 0 radical (unpaired) electrons. The number of ether oxygens (including phenoxy) is 1. The SMILES string of the molecule is COC(=O)N(Cc1ccc(C(=O)Nc2ccccc2N)cc1)c1cccnc1.O=C(O)/C=C/C(=O)O. The number of carbonyl (C=O) groups is 4. The molecule has 0 spiro atoms. The van der Waals surface area contributed by atoms with Crippen LogP contribution in [0.3, 0.4) is 0 Å². The molecule has 3 aromatic rings. The zero-order valence-corrected chi connectivity index (χ0v) is 19.2. The number of aliphatic carboxylic acids is 2. The molecule has 3 rings (SSSR count). The Bertz CT molecular complexity index is 1210. The molecule has 0 bridgehead atoms. The van der Waals surface area contributed by atoms with Gasteiger partial charge in [-0.05, 0) is 42.0 Å². The molecule has 1 heterocycles. The first-order valence-electron chi connectivity index (χ1n) is 10.4. The standard InChI is InChI=1S/C21H20N4O3.C4H4O4/c1-28-21(27)25(17-5-4-12-23-13-17)14-15-8-10-16(11-9-15)20(26)24-19-7-3-2-6-18(19)22;5-3(6)1-2-4(7)8/h2-13H,14,22H2,1H3,(H,24,26);1-2H,(H,5,6)(H,7,8)/b;2-1+. The minimum atomic E-state index is -1.26. The monoisotopic (exact) mass is 492 g/mol. The molecule has 186 valence electrons. The zero-order valence-electron chi connectivity index (χ0n) is 19.2. The Morgan fingerprint density at radius 3 is 2.14 bits per heavy atom. The number of carboxylic acid groups (broad SMARTS) is 2. The number of anilines is 3. The number of para-hydroxylation sites is 2. The summed E-state index contributed by atoms with van der Waals surface area (Å²) in [5.74, 6) is -2.78. The van der Waals surface area contributed by atoms with Crippen LogP contribution in [-0.4, -0.2) is 46.2 Å². The average Bonchev–Trinajstić information content (AvgIpc) is 2.88. The molecule has 0 saturated heterocycles. The number of methoxy groups -OCH3 is 1.